The number of aryl methyl sites for hydroxylation is 1. The maximum atomic E-state index is 12.3. The van der Waals surface area contributed by atoms with Crippen LogP contribution in [0.5, 0.6) is 17.2 Å². The monoisotopic (exact) mass is 482 g/mol. The second-order valence-electron chi connectivity index (χ2n) is 8.25. The van der Waals surface area contributed by atoms with Crippen molar-refractivity contribution in [3.63, 3.8) is 0 Å². The molecule has 7 nitrogen and oxygen atoms in total. The third kappa shape index (κ3) is 8.20. The minimum atomic E-state index is -3.46. The van der Waals surface area contributed by atoms with Crippen LogP contribution in [0.1, 0.15) is 30.5 Å². The molecule has 1 amide bonds. The molecule has 3 aromatic carbocycles. The van der Waals surface area contributed by atoms with E-state index < -0.39 is 10.0 Å². The highest BCUT2D eigenvalue weighted by molar-refractivity contribution is 7.88. The van der Waals surface area contributed by atoms with Crippen molar-refractivity contribution in [3.05, 3.63) is 89.5 Å². The molecular weight excluding hydrogens is 452 g/mol. The van der Waals surface area contributed by atoms with Gasteiger partial charge in [-0.1, -0.05) is 42.0 Å². The lowest BCUT2D eigenvalue weighted by Crippen LogP contribution is -2.32. The molecule has 0 unspecified atom stereocenters. The molecule has 8 heteroatoms. The molecule has 0 saturated heterocycles. The number of sulfonamides is 1. The molecule has 0 saturated carbocycles. The third-order valence-electron chi connectivity index (χ3n) is 4.81. The van der Waals surface area contributed by atoms with Gasteiger partial charge in [-0.15, -0.1) is 0 Å². The summed E-state index contributed by atoms with van der Waals surface area (Å²) in [4.78, 5) is 12.3. The molecule has 0 aliphatic carbocycles. The predicted octanol–water partition coefficient (Wildman–Crippen LogP) is 4.31. The molecule has 0 bridgehead atoms. The molecule has 3 rings (SSSR count). The predicted molar refractivity (Wildman–Crippen MR) is 132 cm³/mol. The van der Waals surface area contributed by atoms with Crippen molar-refractivity contribution < 1.29 is 22.7 Å². The Kier molecular flexibility index (Phi) is 8.67. The summed E-state index contributed by atoms with van der Waals surface area (Å²) in [6.07, 6.45) is 0. The number of hydrogen-bond acceptors (Lipinski definition) is 5. The van der Waals surface area contributed by atoms with E-state index in [1.165, 1.54) is 0 Å². The Morgan fingerprint density at radius 3 is 2.03 bits per heavy atom. The maximum absolute atomic E-state index is 12.3. The van der Waals surface area contributed by atoms with E-state index in [4.69, 9.17) is 9.47 Å². The van der Waals surface area contributed by atoms with Gasteiger partial charge >= 0.3 is 0 Å². The van der Waals surface area contributed by atoms with Crippen molar-refractivity contribution >= 4 is 15.9 Å². The summed E-state index contributed by atoms with van der Waals surface area (Å²) >= 11 is 0. The molecule has 0 aromatic heterocycles. The summed E-state index contributed by atoms with van der Waals surface area (Å²) < 4.78 is 38.5. The van der Waals surface area contributed by atoms with Crippen LogP contribution in [-0.2, 0) is 27.1 Å². The number of ether oxygens (including phenoxy) is 2. The lowest BCUT2D eigenvalue weighted by atomic mass is 10.1. The zero-order valence-electron chi connectivity index (χ0n) is 19.6. The molecule has 0 aliphatic rings. The molecule has 0 heterocycles. The number of carbonyl (C=O) groups excluding carboxylic acids is 1. The first-order valence-corrected chi connectivity index (χ1v) is 12.7. The van der Waals surface area contributed by atoms with Crippen LogP contribution < -0.4 is 19.5 Å². The minimum absolute atomic E-state index is 0.148. The maximum Gasteiger partial charge on any atom is 0.258 e. The lowest BCUT2D eigenvalue weighted by molar-refractivity contribution is -0.123. The van der Waals surface area contributed by atoms with Crippen molar-refractivity contribution in [2.24, 2.45) is 0 Å². The molecule has 0 aliphatic heterocycles. The summed E-state index contributed by atoms with van der Waals surface area (Å²) in [5.74, 6) is 1.49. The van der Waals surface area contributed by atoms with Gasteiger partial charge in [-0.2, -0.15) is 0 Å². The van der Waals surface area contributed by atoms with Gasteiger partial charge in [-0.3, -0.25) is 4.79 Å². The fourth-order valence-corrected chi connectivity index (χ4v) is 4.71. The summed E-state index contributed by atoms with van der Waals surface area (Å²) in [5, 5.41) is 2.78. The highest BCUT2D eigenvalue weighted by atomic mass is 32.2. The molecule has 0 atom stereocenters. The highest BCUT2D eigenvalue weighted by Gasteiger charge is 2.15. The summed E-state index contributed by atoms with van der Waals surface area (Å²) in [5.41, 5.74) is 2.54. The highest BCUT2D eigenvalue weighted by Crippen LogP contribution is 2.24. The first-order chi connectivity index (χ1) is 16.2. The van der Waals surface area contributed by atoms with E-state index in [1.807, 2.05) is 37.3 Å². The van der Waals surface area contributed by atoms with Gasteiger partial charge in [-0.25, -0.2) is 13.1 Å². The van der Waals surface area contributed by atoms with E-state index in [0.717, 1.165) is 16.9 Å². The smallest absolute Gasteiger partial charge is 0.258 e. The van der Waals surface area contributed by atoms with Gasteiger partial charge in [0.1, 0.15) is 17.2 Å². The van der Waals surface area contributed by atoms with Crippen molar-refractivity contribution in [2.45, 2.75) is 39.1 Å². The molecule has 0 radical (unpaired) electrons. The normalized spacial score (nSPS) is 11.3. The average molecular weight is 483 g/mol. The van der Waals surface area contributed by atoms with E-state index in [-0.39, 0.29) is 30.9 Å². The van der Waals surface area contributed by atoms with Gasteiger partial charge in [0.05, 0.1) is 5.75 Å². The van der Waals surface area contributed by atoms with Gasteiger partial charge in [0, 0.05) is 12.6 Å². The fraction of sp³-hybridized carbons (Fsp3) is 0.269. The number of nitrogens with one attached hydrogen (secondary N) is 2. The van der Waals surface area contributed by atoms with Crippen molar-refractivity contribution in [1.29, 1.82) is 0 Å². The number of amides is 1. The van der Waals surface area contributed by atoms with Crippen LogP contribution in [0.2, 0.25) is 0 Å². The Hall–Kier alpha value is -3.36. The van der Waals surface area contributed by atoms with E-state index in [1.54, 1.807) is 56.3 Å². The number of carbonyl (C=O) groups is 1. The molecule has 0 fully saturated rings. The van der Waals surface area contributed by atoms with Crippen LogP contribution >= 0.6 is 0 Å². The van der Waals surface area contributed by atoms with Gasteiger partial charge < -0.3 is 14.8 Å². The molecule has 3 aromatic rings. The Morgan fingerprint density at radius 1 is 0.853 bits per heavy atom. The molecule has 2 N–H and O–H groups in total. The molecule has 34 heavy (non-hydrogen) atoms. The SMILES string of the molecule is Cc1ccc(Oc2ccc(OCC(=O)NCc3ccccc3CS(=O)(=O)NC(C)C)cc2)cc1. The zero-order chi connectivity index (χ0) is 24.6. The topological polar surface area (TPSA) is 93.7 Å². The van der Waals surface area contributed by atoms with Crippen LogP contribution in [0.15, 0.2) is 72.8 Å². The first kappa shape index (κ1) is 25.3. The number of benzene rings is 3. The Morgan fingerprint density at radius 2 is 1.41 bits per heavy atom. The number of hydrogen-bond donors (Lipinski definition) is 2. The standard InChI is InChI=1S/C26H30N2O5S/c1-19(2)28-34(30,31)18-22-7-5-4-6-21(22)16-27-26(29)17-32-23-12-14-25(15-13-23)33-24-10-8-20(3)9-11-24/h4-15,19,28H,16-18H2,1-3H3,(H,27,29). The van der Waals surface area contributed by atoms with Gasteiger partial charge in [-0.05, 0) is 68.3 Å². The minimum Gasteiger partial charge on any atom is -0.484 e. The first-order valence-electron chi connectivity index (χ1n) is 11.0. The van der Waals surface area contributed by atoms with Crippen molar-refractivity contribution in [2.75, 3.05) is 6.61 Å². The van der Waals surface area contributed by atoms with Crippen LogP contribution in [0.3, 0.4) is 0 Å². The van der Waals surface area contributed by atoms with Crippen LogP contribution in [-0.4, -0.2) is 27.0 Å². The van der Waals surface area contributed by atoms with Gasteiger partial charge in [0.25, 0.3) is 5.91 Å². The van der Waals surface area contributed by atoms with Crippen LogP contribution in [0.25, 0.3) is 0 Å². The largest absolute Gasteiger partial charge is 0.484 e. The summed E-state index contributed by atoms with van der Waals surface area (Å²) in [6, 6.07) is 21.7. The number of rotatable bonds is 11. The van der Waals surface area contributed by atoms with Crippen LogP contribution in [0, 0.1) is 6.92 Å². The Labute approximate surface area is 201 Å². The quantitative estimate of drug-likeness (QED) is 0.425. The summed E-state index contributed by atoms with van der Waals surface area (Å²) in [6.45, 7) is 5.61. The Balaban J connectivity index is 1.49. The molecule has 180 valence electrons. The van der Waals surface area contributed by atoms with Crippen molar-refractivity contribution in [3.8, 4) is 17.2 Å². The van der Waals surface area contributed by atoms with E-state index in [9.17, 15) is 13.2 Å². The van der Waals surface area contributed by atoms with Gasteiger partial charge in [0.15, 0.2) is 6.61 Å². The molecule has 0 spiro atoms. The van der Waals surface area contributed by atoms with Gasteiger partial charge in [0.2, 0.25) is 10.0 Å². The Bertz CT molecular complexity index is 1190. The second kappa shape index (κ2) is 11.7. The van der Waals surface area contributed by atoms with E-state index in [2.05, 4.69) is 10.0 Å². The lowest BCUT2D eigenvalue weighted by Gasteiger charge is -2.13. The fourth-order valence-electron chi connectivity index (χ4n) is 3.22. The van der Waals surface area contributed by atoms with Crippen LogP contribution in [0.4, 0.5) is 0 Å². The molecular formula is C26H30N2O5S. The second-order valence-corrected chi connectivity index (χ2v) is 10.0. The van der Waals surface area contributed by atoms with E-state index >= 15 is 0 Å². The zero-order valence-corrected chi connectivity index (χ0v) is 20.4. The average Bonchev–Trinajstić information content (AvgIpc) is 2.78. The van der Waals surface area contributed by atoms with Crippen molar-refractivity contribution in [1.82, 2.24) is 10.0 Å². The summed E-state index contributed by atoms with van der Waals surface area (Å²) in [7, 11) is -3.46. The van der Waals surface area contributed by atoms with E-state index in [0.29, 0.717) is 17.1 Å². The third-order valence-corrected chi connectivity index (χ3v) is 6.33.